The Morgan fingerprint density at radius 1 is 1.22 bits per heavy atom. The Morgan fingerprint density at radius 2 is 2.09 bits per heavy atom. The summed E-state index contributed by atoms with van der Waals surface area (Å²) in [5.74, 6) is 0. The lowest BCUT2D eigenvalue weighted by Gasteiger charge is -2.14. The number of aliphatic hydroxyl groups excluding tert-OH is 1. The molecule has 0 aliphatic carbocycles. The monoisotopic (exact) mass is 312 g/mol. The van der Waals surface area contributed by atoms with Gasteiger partial charge in [-0.15, -0.1) is 5.10 Å². The Bertz CT molecular complexity index is 765. The standard InChI is InChI=1S/C16H20N6O/c1-12-3-4-15(13(2)7-12)16(23)9-22-8-14(19-20-22)5-6-21-11-17-10-18-21/h3-4,7-8,10-11,16,23H,5-6,9H2,1-2H3. The summed E-state index contributed by atoms with van der Waals surface area (Å²) in [6.45, 7) is 5.15. The van der Waals surface area contributed by atoms with Gasteiger partial charge in [0.05, 0.1) is 18.3 Å². The van der Waals surface area contributed by atoms with Crippen molar-refractivity contribution in [3.8, 4) is 0 Å². The summed E-state index contributed by atoms with van der Waals surface area (Å²) in [5.41, 5.74) is 4.07. The maximum absolute atomic E-state index is 10.4. The van der Waals surface area contributed by atoms with E-state index in [0.717, 1.165) is 23.2 Å². The average molecular weight is 312 g/mol. The van der Waals surface area contributed by atoms with Gasteiger partial charge in [-0.05, 0) is 25.0 Å². The van der Waals surface area contributed by atoms with Crippen LogP contribution in [0.15, 0.2) is 37.1 Å². The number of aliphatic hydroxyl groups is 1. The summed E-state index contributed by atoms with van der Waals surface area (Å²) in [6, 6.07) is 6.05. The van der Waals surface area contributed by atoms with Crippen molar-refractivity contribution in [1.82, 2.24) is 29.8 Å². The SMILES string of the molecule is Cc1ccc(C(O)Cn2cc(CCn3cncn3)nn2)c(C)c1. The second kappa shape index (κ2) is 6.70. The Labute approximate surface area is 134 Å². The molecule has 0 spiro atoms. The van der Waals surface area contributed by atoms with E-state index in [4.69, 9.17) is 0 Å². The highest BCUT2D eigenvalue weighted by Gasteiger charge is 2.12. The van der Waals surface area contributed by atoms with Crippen molar-refractivity contribution in [2.45, 2.75) is 39.5 Å². The Balaban J connectivity index is 1.61. The van der Waals surface area contributed by atoms with Crippen LogP contribution in [0.1, 0.15) is 28.5 Å². The molecule has 1 aromatic carbocycles. The highest BCUT2D eigenvalue weighted by Crippen LogP contribution is 2.20. The molecule has 1 unspecified atom stereocenters. The fourth-order valence-corrected chi connectivity index (χ4v) is 2.59. The molecule has 23 heavy (non-hydrogen) atoms. The van der Waals surface area contributed by atoms with Gasteiger partial charge in [0.25, 0.3) is 0 Å². The minimum atomic E-state index is -0.597. The van der Waals surface area contributed by atoms with Crippen molar-refractivity contribution in [2.75, 3.05) is 0 Å². The zero-order chi connectivity index (χ0) is 16.2. The summed E-state index contributed by atoms with van der Waals surface area (Å²) in [7, 11) is 0. The molecule has 0 amide bonds. The number of benzene rings is 1. The van der Waals surface area contributed by atoms with Crippen molar-refractivity contribution in [1.29, 1.82) is 0 Å². The summed E-state index contributed by atoms with van der Waals surface area (Å²) >= 11 is 0. The normalized spacial score (nSPS) is 12.5. The average Bonchev–Trinajstić information content (AvgIpc) is 3.16. The zero-order valence-electron chi connectivity index (χ0n) is 13.3. The van der Waals surface area contributed by atoms with Gasteiger partial charge in [-0.25, -0.2) is 9.67 Å². The molecule has 1 atom stereocenters. The number of aryl methyl sites for hydroxylation is 4. The molecule has 0 fully saturated rings. The molecular weight excluding hydrogens is 292 g/mol. The van der Waals surface area contributed by atoms with Crippen LogP contribution in [0, 0.1) is 13.8 Å². The predicted molar refractivity (Wildman–Crippen MR) is 84.6 cm³/mol. The first-order chi connectivity index (χ1) is 11.1. The van der Waals surface area contributed by atoms with Gasteiger partial charge in [0.15, 0.2) is 0 Å². The summed E-state index contributed by atoms with van der Waals surface area (Å²) in [5, 5.41) is 22.7. The van der Waals surface area contributed by atoms with E-state index in [1.807, 2.05) is 32.2 Å². The van der Waals surface area contributed by atoms with Crippen LogP contribution in [0.4, 0.5) is 0 Å². The molecule has 3 aromatic rings. The Kier molecular flexibility index (Phi) is 4.47. The van der Waals surface area contributed by atoms with Crippen molar-refractivity contribution in [3.05, 3.63) is 59.4 Å². The molecule has 7 heteroatoms. The second-order valence-corrected chi connectivity index (χ2v) is 5.72. The molecular formula is C16H20N6O. The molecule has 2 heterocycles. The van der Waals surface area contributed by atoms with Crippen molar-refractivity contribution in [2.24, 2.45) is 0 Å². The number of hydrogen-bond acceptors (Lipinski definition) is 5. The van der Waals surface area contributed by atoms with Crippen LogP contribution >= 0.6 is 0 Å². The van der Waals surface area contributed by atoms with Gasteiger partial charge in [0.2, 0.25) is 0 Å². The molecule has 0 saturated heterocycles. The lowest BCUT2D eigenvalue weighted by atomic mass is 10.0. The molecule has 1 N–H and O–H groups in total. The first kappa shape index (κ1) is 15.4. The molecule has 3 rings (SSSR count). The molecule has 0 aliphatic rings. The van der Waals surface area contributed by atoms with E-state index >= 15 is 0 Å². The number of nitrogens with zero attached hydrogens (tertiary/aromatic N) is 6. The Hall–Kier alpha value is -2.54. The number of rotatable bonds is 6. The third kappa shape index (κ3) is 3.81. The van der Waals surface area contributed by atoms with E-state index in [9.17, 15) is 5.11 Å². The van der Waals surface area contributed by atoms with Gasteiger partial charge in [0, 0.05) is 19.2 Å². The van der Waals surface area contributed by atoms with Crippen LogP contribution in [0.3, 0.4) is 0 Å². The predicted octanol–water partition coefficient (Wildman–Crippen LogP) is 1.46. The first-order valence-corrected chi connectivity index (χ1v) is 7.58. The minimum absolute atomic E-state index is 0.389. The van der Waals surface area contributed by atoms with Crippen molar-refractivity contribution in [3.63, 3.8) is 0 Å². The van der Waals surface area contributed by atoms with Gasteiger partial charge in [-0.2, -0.15) is 5.10 Å². The molecule has 7 nitrogen and oxygen atoms in total. The Morgan fingerprint density at radius 3 is 2.83 bits per heavy atom. The van der Waals surface area contributed by atoms with Crippen LogP contribution in [-0.2, 0) is 19.5 Å². The topological polar surface area (TPSA) is 81.7 Å². The minimum Gasteiger partial charge on any atom is -0.386 e. The van der Waals surface area contributed by atoms with E-state index in [0.29, 0.717) is 13.1 Å². The zero-order valence-corrected chi connectivity index (χ0v) is 13.3. The maximum atomic E-state index is 10.4. The van der Waals surface area contributed by atoms with E-state index in [1.165, 1.54) is 11.9 Å². The number of hydrogen-bond donors (Lipinski definition) is 1. The van der Waals surface area contributed by atoms with Crippen LogP contribution in [-0.4, -0.2) is 34.9 Å². The second-order valence-electron chi connectivity index (χ2n) is 5.72. The van der Waals surface area contributed by atoms with Crippen molar-refractivity contribution < 1.29 is 5.11 Å². The lowest BCUT2D eigenvalue weighted by Crippen LogP contribution is -2.10. The van der Waals surface area contributed by atoms with E-state index in [2.05, 4.69) is 26.5 Å². The van der Waals surface area contributed by atoms with Gasteiger partial charge in [0.1, 0.15) is 12.7 Å². The summed E-state index contributed by atoms with van der Waals surface area (Å²) < 4.78 is 3.43. The molecule has 0 radical (unpaired) electrons. The highest BCUT2D eigenvalue weighted by atomic mass is 16.3. The third-order valence-corrected chi connectivity index (χ3v) is 3.79. The molecule has 0 bridgehead atoms. The maximum Gasteiger partial charge on any atom is 0.137 e. The third-order valence-electron chi connectivity index (χ3n) is 3.79. The van der Waals surface area contributed by atoms with Gasteiger partial charge < -0.3 is 5.11 Å². The number of aromatic nitrogens is 6. The van der Waals surface area contributed by atoms with Gasteiger partial charge >= 0.3 is 0 Å². The van der Waals surface area contributed by atoms with E-state index in [-0.39, 0.29) is 0 Å². The first-order valence-electron chi connectivity index (χ1n) is 7.58. The highest BCUT2D eigenvalue weighted by molar-refractivity contribution is 5.31. The van der Waals surface area contributed by atoms with Gasteiger partial charge in [-0.3, -0.25) is 4.68 Å². The van der Waals surface area contributed by atoms with Crippen molar-refractivity contribution >= 4 is 0 Å². The quantitative estimate of drug-likeness (QED) is 0.745. The largest absolute Gasteiger partial charge is 0.386 e. The smallest absolute Gasteiger partial charge is 0.137 e. The molecule has 2 aromatic heterocycles. The van der Waals surface area contributed by atoms with E-state index in [1.54, 1.807) is 15.7 Å². The fraction of sp³-hybridized carbons (Fsp3) is 0.375. The van der Waals surface area contributed by atoms with Crippen LogP contribution in [0.5, 0.6) is 0 Å². The molecule has 120 valence electrons. The van der Waals surface area contributed by atoms with Crippen LogP contribution in [0.2, 0.25) is 0 Å². The molecule has 0 saturated carbocycles. The fourth-order valence-electron chi connectivity index (χ4n) is 2.59. The van der Waals surface area contributed by atoms with Crippen LogP contribution in [0.25, 0.3) is 0 Å². The lowest BCUT2D eigenvalue weighted by molar-refractivity contribution is 0.150. The van der Waals surface area contributed by atoms with Gasteiger partial charge in [-0.1, -0.05) is 29.0 Å². The molecule has 0 aliphatic heterocycles. The summed E-state index contributed by atoms with van der Waals surface area (Å²) in [6.07, 6.45) is 5.18. The summed E-state index contributed by atoms with van der Waals surface area (Å²) in [4.78, 5) is 3.90. The van der Waals surface area contributed by atoms with Crippen LogP contribution < -0.4 is 0 Å². The van der Waals surface area contributed by atoms with E-state index < -0.39 is 6.10 Å².